The van der Waals surface area contributed by atoms with Crippen LogP contribution in [0.5, 0.6) is 5.75 Å². The van der Waals surface area contributed by atoms with Crippen molar-refractivity contribution in [1.82, 2.24) is 4.90 Å². The molecule has 1 atom stereocenters. The number of carbonyl (C=O) groups is 1. The molecular formula is C20H23NO2. The Morgan fingerprint density at radius 1 is 1.00 bits per heavy atom. The van der Waals surface area contributed by atoms with E-state index in [1.165, 1.54) is 11.1 Å². The third kappa shape index (κ3) is 3.99. The van der Waals surface area contributed by atoms with Crippen LogP contribution in [0.15, 0.2) is 54.6 Å². The number of hydrogen-bond acceptors (Lipinski definition) is 3. The molecule has 0 saturated carbocycles. The van der Waals surface area contributed by atoms with E-state index in [1.807, 2.05) is 30.3 Å². The van der Waals surface area contributed by atoms with Gasteiger partial charge in [-0.3, -0.25) is 9.69 Å². The van der Waals surface area contributed by atoms with E-state index in [0.717, 1.165) is 18.8 Å². The summed E-state index contributed by atoms with van der Waals surface area (Å²) in [5.74, 6) is 1.31. The summed E-state index contributed by atoms with van der Waals surface area (Å²) in [6, 6.07) is 18.7. The van der Waals surface area contributed by atoms with Crippen molar-refractivity contribution >= 4 is 5.78 Å². The van der Waals surface area contributed by atoms with E-state index in [4.69, 9.17) is 4.74 Å². The van der Waals surface area contributed by atoms with Crippen molar-refractivity contribution in [3.8, 4) is 5.75 Å². The zero-order valence-corrected chi connectivity index (χ0v) is 13.6. The standard InChI is InChI=1S/C20H23NO2/c1-16(21-13-11-18(22)12-14-21)19-9-5-6-10-20(19)23-15-17-7-3-2-4-8-17/h2-10,16H,11-15H2,1H3. The van der Waals surface area contributed by atoms with Gasteiger partial charge < -0.3 is 4.74 Å². The van der Waals surface area contributed by atoms with E-state index in [1.54, 1.807) is 0 Å². The first kappa shape index (κ1) is 15.8. The quantitative estimate of drug-likeness (QED) is 0.836. The molecule has 0 bridgehead atoms. The number of benzene rings is 2. The second kappa shape index (κ2) is 7.42. The van der Waals surface area contributed by atoms with Crippen molar-refractivity contribution in [2.75, 3.05) is 13.1 Å². The van der Waals surface area contributed by atoms with Gasteiger partial charge in [0.05, 0.1) is 0 Å². The number of nitrogens with zero attached hydrogens (tertiary/aromatic N) is 1. The molecule has 1 saturated heterocycles. The van der Waals surface area contributed by atoms with Crippen LogP contribution >= 0.6 is 0 Å². The molecule has 1 aliphatic heterocycles. The summed E-state index contributed by atoms with van der Waals surface area (Å²) >= 11 is 0. The van der Waals surface area contributed by atoms with Crippen LogP contribution in [-0.4, -0.2) is 23.8 Å². The Balaban J connectivity index is 1.71. The number of carbonyl (C=O) groups excluding carboxylic acids is 1. The van der Waals surface area contributed by atoms with E-state index >= 15 is 0 Å². The van der Waals surface area contributed by atoms with Gasteiger partial charge in [0.25, 0.3) is 0 Å². The van der Waals surface area contributed by atoms with Crippen LogP contribution in [0.2, 0.25) is 0 Å². The second-order valence-corrected chi connectivity index (χ2v) is 6.06. The van der Waals surface area contributed by atoms with E-state index in [0.29, 0.717) is 25.2 Å². The van der Waals surface area contributed by atoms with Crippen molar-refractivity contribution in [3.63, 3.8) is 0 Å². The zero-order chi connectivity index (χ0) is 16.1. The molecule has 3 heteroatoms. The molecule has 2 aromatic rings. The van der Waals surface area contributed by atoms with Gasteiger partial charge in [0.15, 0.2) is 0 Å². The zero-order valence-electron chi connectivity index (χ0n) is 13.6. The number of rotatable bonds is 5. The lowest BCUT2D eigenvalue weighted by Gasteiger charge is -2.32. The average molecular weight is 309 g/mol. The van der Waals surface area contributed by atoms with Crippen LogP contribution in [0.4, 0.5) is 0 Å². The molecule has 1 fully saturated rings. The lowest BCUT2D eigenvalue weighted by molar-refractivity contribution is -0.121. The molecule has 1 aliphatic rings. The second-order valence-electron chi connectivity index (χ2n) is 6.06. The number of ether oxygens (including phenoxy) is 1. The third-order valence-corrected chi connectivity index (χ3v) is 4.51. The lowest BCUT2D eigenvalue weighted by Crippen LogP contribution is -2.35. The van der Waals surface area contributed by atoms with Gasteiger partial charge in [-0.05, 0) is 18.6 Å². The van der Waals surface area contributed by atoms with Gasteiger partial charge in [-0.2, -0.15) is 0 Å². The summed E-state index contributed by atoms with van der Waals surface area (Å²) < 4.78 is 6.06. The van der Waals surface area contributed by atoms with Gasteiger partial charge in [-0.1, -0.05) is 48.5 Å². The van der Waals surface area contributed by atoms with Crippen LogP contribution in [0.1, 0.15) is 36.9 Å². The van der Waals surface area contributed by atoms with E-state index in [2.05, 4.69) is 36.1 Å². The van der Waals surface area contributed by atoms with Crippen LogP contribution in [0, 0.1) is 0 Å². The van der Waals surface area contributed by atoms with Gasteiger partial charge in [0.1, 0.15) is 18.1 Å². The first-order chi connectivity index (χ1) is 11.2. The topological polar surface area (TPSA) is 29.5 Å². The molecular weight excluding hydrogens is 286 g/mol. The maximum atomic E-state index is 11.4. The summed E-state index contributed by atoms with van der Waals surface area (Å²) in [7, 11) is 0. The Hall–Kier alpha value is -2.13. The van der Waals surface area contributed by atoms with E-state index in [-0.39, 0.29) is 6.04 Å². The molecule has 0 amide bonds. The van der Waals surface area contributed by atoms with Gasteiger partial charge in [0, 0.05) is 37.5 Å². The van der Waals surface area contributed by atoms with Gasteiger partial charge in [-0.25, -0.2) is 0 Å². The molecule has 0 aliphatic carbocycles. The van der Waals surface area contributed by atoms with Crippen LogP contribution in [0.25, 0.3) is 0 Å². The number of likely N-dealkylation sites (tertiary alicyclic amines) is 1. The molecule has 0 N–H and O–H groups in total. The number of ketones is 1. The minimum atomic E-state index is 0.259. The molecule has 23 heavy (non-hydrogen) atoms. The van der Waals surface area contributed by atoms with Crippen LogP contribution in [-0.2, 0) is 11.4 Å². The summed E-state index contributed by atoms with van der Waals surface area (Å²) in [6.45, 7) is 4.45. The number of piperidine rings is 1. The maximum Gasteiger partial charge on any atom is 0.135 e. The number of Topliss-reactive ketones (excluding diaryl/α,β-unsaturated/α-hetero) is 1. The predicted octanol–water partition coefficient (Wildman–Crippen LogP) is 3.99. The maximum absolute atomic E-state index is 11.4. The van der Waals surface area contributed by atoms with Crippen LogP contribution in [0.3, 0.4) is 0 Å². The fourth-order valence-electron chi connectivity index (χ4n) is 3.05. The smallest absolute Gasteiger partial charge is 0.135 e. The fourth-order valence-corrected chi connectivity index (χ4v) is 3.05. The largest absolute Gasteiger partial charge is 0.489 e. The van der Waals surface area contributed by atoms with Gasteiger partial charge in [0.2, 0.25) is 0 Å². The van der Waals surface area contributed by atoms with Crippen molar-refractivity contribution in [2.45, 2.75) is 32.4 Å². The highest BCUT2D eigenvalue weighted by Gasteiger charge is 2.23. The predicted molar refractivity (Wildman–Crippen MR) is 91.4 cm³/mol. The van der Waals surface area contributed by atoms with Crippen LogP contribution < -0.4 is 4.74 Å². The molecule has 3 nitrogen and oxygen atoms in total. The van der Waals surface area contributed by atoms with Crippen molar-refractivity contribution < 1.29 is 9.53 Å². The Morgan fingerprint density at radius 3 is 2.39 bits per heavy atom. The Kier molecular flexibility index (Phi) is 5.09. The summed E-state index contributed by atoms with van der Waals surface area (Å²) in [5, 5.41) is 0. The molecule has 3 rings (SSSR count). The lowest BCUT2D eigenvalue weighted by atomic mass is 10.0. The van der Waals surface area contributed by atoms with Gasteiger partial charge >= 0.3 is 0 Å². The number of para-hydroxylation sites is 1. The highest BCUT2D eigenvalue weighted by molar-refractivity contribution is 5.79. The van der Waals surface area contributed by atoms with Gasteiger partial charge in [-0.15, -0.1) is 0 Å². The first-order valence-corrected chi connectivity index (χ1v) is 8.25. The average Bonchev–Trinajstić information content (AvgIpc) is 2.61. The summed E-state index contributed by atoms with van der Waals surface area (Å²) in [6.07, 6.45) is 1.33. The monoisotopic (exact) mass is 309 g/mol. The van der Waals surface area contributed by atoms with E-state index < -0.39 is 0 Å². The normalized spacial score (nSPS) is 17.0. The molecule has 120 valence electrons. The molecule has 1 heterocycles. The van der Waals surface area contributed by atoms with Crippen molar-refractivity contribution in [2.24, 2.45) is 0 Å². The summed E-state index contributed by atoms with van der Waals surface area (Å²) in [4.78, 5) is 13.8. The minimum absolute atomic E-state index is 0.259. The first-order valence-electron chi connectivity index (χ1n) is 8.25. The van der Waals surface area contributed by atoms with E-state index in [9.17, 15) is 4.79 Å². The fraction of sp³-hybridized carbons (Fsp3) is 0.350. The Morgan fingerprint density at radius 2 is 1.65 bits per heavy atom. The Labute approximate surface area is 137 Å². The minimum Gasteiger partial charge on any atom is -0.489 e. The number of hydrogen-bond donors (Lipinski definition) is 0. The van der Waals surface area contributed by atoms with Crippen molar-refractivity contribution in [3.05, 3.63) is 65.7 Å². The van der Waals surface area contributed by atoms with Crippen molar-refractivity contribution in [1.29, 1.82) is 0 Å². The molecule has 0 radical (unpaired) electrons. The highest BCUT2D eigenvalue weighted by atomic mass is 16.5. The summed E-state index contributed by atoms with van der Waals surface area (Å²) in [5.41, 5.74) is 2.36. The Bertz CT molecular complexity index is 644. The molecule has 1 unspecified atom stereocenters. The third-order valence-electron chi connectivity index (χ3n) is 4.51. The molecule has 0 spiro atoms. The highest BCUT2D eigenvalue weighted by Crippen LogP contribution is 2.31. The SMILES string of the molecule is CC(c1ccccc1OCc1ccccc1)N1CCC(=O)CC1. The molecule has 0 aromatic heterocycles. The molecule has 2 aromatic carbocycles.